The Labute approximate surface area is 215 Å². The number of rotatable bonds is 14. The van der Waals surface area contributed by atoms with Gasteiger partial charge in [0.2, 0.25) is 0 Å². The Bertz CT molecular complexity index is 1120. The zero-order valence-corrected chi connectivity index (χ0v) is 21.2. The molecule has 190 valence electrons. The highest BCUT2D eigenvalue weighted by Gasteiger charge is 2.21. The van der Waals surface area contributed by atoms with Crippen molar-refractivity contribution in [2.75, 3.05) is 39.5 Å². The zero-order valence-electron chi connectivity index (χ0n) is 21.2. The molecule has 0 unspecified atom stereocenters. The van der Waals surface area contributed by atoms with E-state index in [1.165, 1.54) is 0 Å². The largest absolute Gasteiger partial charge is 0.493 e. The lowest BCUT2D eigenvalue weighted by Gasteiger charge is -2.26. The van der Waals surface area contributed by atoms with E-state index in [1.807, 2.05) is 72.9 Å². The molecule has 0 bridgehead atoms. The zero-order chi connectivity index (χ0) is 25.6. The van der Waals surface area contributed by atoms with Crippen LogP contribution in [0, 0.1) is 0 Å². The second-order valence-electron chi connectivity index (χ2n) is 8.74. The van der Waals surface area contributed by atoms with Gasteiger partial charge in [-0.3, -0.25) is 9.69 Å². The summed E-state index contributed by atoms with van der Waals surface area (Å²) in [5.74, 6) is 0.0382. The van der Waals surface area contributed by atoms with Gasteiger partial charge in [-0.15, -0.1) is 13.2 Å². The Morgan fingerprint density at radius 3 is 2.61 bits per heavy atom. The van der Waals surface area contributed by atoms with Crippen LogP contribution in [-0.2, 0) is 4.74 Å². The minimum Gasteiger partial charge on any atom is -0.493 e. The van der Waals surface area contributed by atoms with Crippen LogP contribution in [-0.4, -0.2) is 50.3 Å². The van der Waals surface area contributed by atoms with Crippen molar-refractivity contribution in [1.29, 1.82) is 0 Å². The van der Waals surface area contributed by atoms with Crippen LogP contribution in [0.4, 0.5) is 0 Å². The fraction of sp³-hybridized carbons (Fsp3) is 0.323. The van der Waals surface area contributed by atoms with Crippen LogP contribution in [0.15, 0.2) is 86.0 Å². The van der Waals surface area contributed by atoms with Gasteiger partial charge >= 0.3 is 0 Å². The smallest absolute Gasteiger partial charge is 0.253 e. The van der Waals surface area contributed by atoms with E-state index in [0.29, 0.717) is 24.3 Å². The van der Waals surface area contributed by atoms with Crippen molar-refractivity contribution < 1.29 is 14.3 Å². The molecule has 5 heteroatoms. The number of nitrogens with two attached hydrogens (primary N) is 1. The first-order chi connectivity index (χ1) is 17.7. The third-order valence-corrected chi connectivity index (χ3v) is 6.13. The summed E-state index contributed by atoms with van der Waals surface area (Å²) in [4.78, 5) is 15.2. The topological polar surface area (TPSA) is 64.8 Å². The summed E-state index contributed by atoms with van der Waals surface area (Å²) in [6, 6.07) is 9.95. The lowest BCUT2D eigenvalue weighted by molar-refractivity contribution is 0.0368. The van der Waals surface area contributed by atoms with E-state index in [-0.39, 0.29) is 0 Å². The summed E-state index contributed by atoms with van der Waals surface area (Å²) in [6.07, 6.45) is 17.0. The number of hydrogen-bond donors (Lipinski definition) is 1. The number of primary amides is 1. The van der Waals surface area contributed by atoms with Crippen LogP contribution in [0.5, 0.6) is 5.75 Å². The van der Waals surface area contributed by atoms with Crippen LogP contribution in [0.2, 0.25) is 0 Å². The van der Waals surface area contributed by atoms with Gasteiger partial charge in [0.1, 0.15) is 5.75 Å². The molecule has 3 rings (SSSR count). The Kier molecular flexibility index (Phi) is 11.2. The third-order valence-electron chi connectivity index (χ3n) is 6.13. The average molecular weight is 487 g/mol. The Balaban J connectivity index is 1.88. The van der Waals surface area contributed by atoms with Gasteiger partial charge in [0, 0.05) is 18.7 Å². The number of morpholine rings is 1. The van der Waals surface area contributed by atoms with Crippen molar-refractivity contribution in [3.8, 4) is 5.75 Å². The average Bonchev–Trinajstić information content (AvgIpc) is 2.89. The van der Waals surface area contributed by atoms with E-state index in [4.69, 9.17) is 15.2 Å². The summed E-state index contributed by atoms with van der Waals surface area (Å²) in [5, 5.41) is 1.97. The predicted molar refractivity (Wildman–Crippen MR) is 150 cm³/mol. The first-order valence-electron chi connectivity index (χ1n) is 12.7. The molecule has 0 aliphatic carbocycles. The van der Waals surface area contributed by atoms with Gasteiger partial charge < -0.3 is 15.2 Å². The number of unbranched alkanes of at least 4 members (excludes halogenated alkanes) is 1. The lowest BCUT2D eigenvalue weighted by Crippen LogP contribution is -2.36. The molecule has 0 saturated carbocycles. The molecular formula is C31H38N2O3. The molecule has 1 aliphatic heterocycles. The molecule has 0 aromatic heterocycles. The standard InChI is InChI=1S/C31H38N2O3/c1-3-5-6-7-8-9-15-25(14-4-2)29-27-17-11-10-16-26(27)24-28(30(29)31(32)34)36-21-13-12-18-33-19-22-35-23-20-33/h3-4,6-11,15-17,24H,1-2,5,12-14,18-23H2,(H2,32,34). The van der Waals surface area contributed by atoms with Crippen molar-refractivity contribution in [3.63, 3.8) is 0 Å². The molecule has 2 aromatic carbocycles. The van der Waals surface area contributed by atoms with Gasteiger partial charge in [0.15, 0.2) is 0 Å². The van der Waals surface area contributed by atoms with E-state index in [2.05, 4.69) is 18.1 Å². The third kappa shape index (κ3) is 7.80. The molecule has 1 amide bonds. The molecule has 0 spiro atoms. The van der Waals surface area contributed by atoms with Crippen molar-refractivity contribution in [2.45, 2.75) is 25.7 Å². The number of fused-ring (bicyclic) bond motifs is 1. The lowest BCUT2D eigenvalue weighted by atomic mass is 9.90. The summed E-state index contributed by atoms with van der Waals surface area (Å²) >= 11 is 0. The Hall–Kier alpha value is -3.41. The van der Waals surface area contributed by atoms with Crippen molar-refractivity contribution >= 4 is 22.3 Å². The number of amides is 1. The molecule has 0 radical (unpaired) electrons. The second-order valence-corrected chi connectivity index (χ2v) is 8.74. The van der Waals surface area contributed by atoms with Crippen molar-refractivity contribution in [1.82, 2.24) is 4.90 Å². The maximum Gasteiger partial charge on any atom is 0.253 e. The number of carbonyl (C=O) groups is 1. The van der Waals surface area contributed by atoms with Crippen LogP contribution >= 0.6 is 0 Å². The van der Waals surface area contributed by atoms with Gasteiger partial charge in [-0.1, -0.05) is 66.8 Å². The predicted octanol–water partition coefficient (Wildman–Crippen LogP) is 6.08. The van der Waals surface area contributed by atoms with E-state index in [9.17, 15) is 4.79 Å². The van der Waals surface area contributed by atoms with Crippen LogP contribution in [0.3, 0.4) is 0 Å². The molecule has 1 saturated heterocycles. The molecule has 2 aromatic rings. The summed E-state index contributed by atoms with van der Waals surface area (Å²) in [6.45, 7) is 12.8. The van der Waals surface area contributed by atoms with Crippen LogP contribution < -0.4 is 10.5 Å². The Morgan fingerprint density at radius 2 is 1.86 bits per heavy atom. The highest BCUT2D eigenvalue weighted by atomic mass is 16.5. The minimum atomic E-state index is -0.496. The van der Waals surface area contributed by atoms with Crippen LogP contribution in [0.25, 0.3) is 16.3 Å². The number of ether oxygens (including phenoxy) is 2. The van der Waals surface area contributed by atoms with Gasteiger partial charge in [0.25, 0.3) is 5.91 Å². The van der Waals surface area contributed by atoms with Gasteiger partial charge in [-0.05, 0) is 54.6 Å². The quantitative estimate of drug-likeness (QED) is 0.200. The molecule has 1 heterocycles. The first kappa shape index (κ1) is 27.2. The van der Waals surface area contributed by atoms with Gasteiger partial charge in [0.05, 0.1) is 25.4 Å². The molecule has 1 aliphatic rings. The maximum atomic E-state index is 12.8. The van der Waals surface area contributed by atoms with Gasteiger partial charge in [-0.25, -0.2) is 0 Å². The van der Waals surface area contributed by atoms with E-state index < -0.39 is 5.91 Å². The normalized spacial score (nSPS) is 15.1. The van der Waals surface area contributed by atoms with Crippen LogP contribution in [0.1, 0.15) is 41.6 Å². The van der Waals surface area contributed by atoms with Gasteiger partial charge in [-0.2, -0.15) is 0 Å². The highest BCUT2D eigenvalue weighted by molar-refractivity contribution is 6.09. The van der Waals surface area contributed by atoms with E-state index in [1.54, 1.807) is 0 Å². The first-order valence-corrected chi connectivity index (χ1v) is 12.7. The number of carbonyl (C=O) groups excluding carboxylic acids is 1. The number of nitrogens with zero attached hydrogens (tertiary/aromatic N) is 1. The second kappa shape index (κ2) is 14.9. The molecule has 2 N–H and O–H groups in total. The molecule has 0 atom stereocenters. The monoisotopic (exact) mass is 486 g/mol. The summed E-state index contributed by atoms with van der Waals surface area (Å²) in [7, 11) is 0. The molecular weight excluding hydrogens is 448 g/mol. The summed E-state index contributed by atoms with van der Waals surface area (Å²) < 4.78 is 11.6. The maximum absolute atomic E-state index is 12.8. The highest BCUT2D eigenvalue weighted by Crippen LogP contribution is 2.37. The van der Waals surface area contributed by atoms with Crippen molar-refractivity contribution in [2.24, 2.45) is 5.73 Å². The Morgan fingerprint density at radius 1 is 1.06 bits per heavy atom. The van der Waals surface area contributed by atoms with E-state index >= 15 is 0 Å². The minimum absolute atomic E-state index is 0.422. The number of benzene rings is 2. The SMILES string of the molecule is C=CCC=CC=CC=C(CC=C)c1c(C(N)=O)c(OCCCCN2CCOCC2)cc2ccccc12. The number of allylic oxidation sites excluding steroid dienone is 8. The number of hydrogen-bond acceptors (Lipinski definition) is 4. The van der Waals surface area contributed by atoms with Crippen molar-refractivity contribution in [3.05, 3.63) is 97.1 Å². The molecule has 1 fully saturated rings. The van der Waals surface area contributed by atoms with E-state index in [0.717, 1.165) is 74.0 Å². The summed E-state index contributed by atoms with van der Waals surface area (Å²) in [5.41, 5.74) is 8.14. The molecule has 36 heavy (non-hydrogen) atoms. The fourth-order valence-corrected chi connectivity index (χ4v) is 4.36. The molecule has 5 nitrogen and oxygen atoms in total. The fourth-order valence-electron chi connectivity index (χ4n) is 4.36.